The van der Waals surface area contributed by atoms with Crippen molar-refractivity contribution < 1.29 is 19.8 Å². The fourth-order valence-corrected chi connectivity index (χ4v) is 2.75. The van der Waals surface area contributed by atoms with E-state index >= 15 is 0 Å². The summed E-state index contributed by atoms with van der Waals surface area (Å²) in [6.45, 7) is 0.738. The van der Waals surface area contributed by atoms with E-state index < -0.39 is 12.0 Å². The van der Waals surface area contributed by atoms with Crippen LogP contribution in [0.15, 0.2) is 12.1 Å². The van der Waals surface area contributed by atoms with E-state index in [1.54, 1.807) is 4.90 Å². The SMILES string of the molecule is O=C(NCC(O)CN1CCCC1=O)c1cc(Cl)cc(Cl)c1O. The molecule has 1 aliphatic rings. The van der Waals surface area contributed by atoms with Gasteiger partial charge in [-0.05, 0) is 18.6 Å². The van der Waals surface area contributed by atoms with Gasteiger partial charge in [0.1, 0.15) is 5.75 Å². The summed E-state index contributed by atoms with van der Waals surface area (Å²) in [7, 11) is 0. The van der Waals surface area contributed by atoms with Crippen LogP contribution in [0.25, 0.3) is 0 Å². The Labute approximate surface area is 137 Å². The van der Waals surface area contributed by atoms with Crippen LogP contribution in [0, 0.1) is 0 Å². The Morgan fingerprint density at radius 2 is 2.14 bits per heavy atom. The number of β-amino-alcohol motifs (C(OH)–C–C–N with tert-alkyl or cyclic N) is 1. The molecule has 2 amide bonds. The number of nitrogens with zero attached hydrogens (tertiary/aromatic N) is 1. The lowest BCUT2D eigenvalue weighted by atomic mass is 10.2. The van der Waals surface area contributed by atoms with Crippen molar-refractivity contribution in [2.45, 2.75) is 18.9 Å². The van der Waals surface area contributed by atoms with Crippen LogP contribution in [0.5, 0.6) is 5.75 Å². The van der Waals surface area contributed by atoms with E-state index in [1.807, 2.05) is 0 Å². The molecule has 1 saturated heterocycles. The number of hydrogen-bond donors (Lipinski definition) is 3. The van der Waals surface area contributed by atoms with Crippen LogP contribution in [-0.4, -0.2) is 52.7 Å². The van der Waals surface area contributed by atoms with Crippen molar-refractivity contribution in [2.75, 3.05) is 19.6 Å². The number of benzene rings is 1. The molecule has 0 aromatic heterocycles. The molecule has 1 fully saturated rings. The maximum Gasteiger partial charge on any atom is 0.255 e. The summed E-state index contributed by atoms with van der Waals surface area (Å²) in [6.07, 6.45) is 0.392. The topological polar surface area (TPSA) is 89.9 Å². The average Bonchev–Trinajstić information content (AvgIpc) is 2.85. The summed E-state index contributed by atoms with van der Waals surface area (Å²) < 4.78 is 0. The van der Waals surface area contributed by atoms with Gasteiger partial charge in [0.25, 0.3) is 5.91 Å². The van der Waals surface area contributed by atoms with Crippen molar-refractivity contribution in [2.24, 2.45) is 0 Å². The molecule has 1 heterocycles. The molecule has 0 bridgehead atoms. The van der Waals surface area contributed by atoms with Crippen LogP contribution >= 0.6 is 23.2 Å². The predicted molar refractivity (Wildman–Crippen MR) is 82.3 cm³/mol. The van der Waals surface area contributed by atoms with E-state index in [1.165, 1.54) is 12.1 Å². The molecule has 120 valence electrons. The van der Waals surface area contributed by atoms with E-state index in [4.69, 9.17) is 23.2 Å². The molecule has 1 unspecified atom stereocenters. The van der Waals surface area contributed by atoms with Gasteiger partial charge in [-0.15, -0.1) is 0 Å². The second-order valence-electron chi connectivity index (χ2n) is 5.09. The number of aliphatic hydroxyl groups excluding tert-OH is 1. The molecule has 22 heavy (non-hydrogen) atoms. The number of carbonyl (C=O) groups excluding carboxylic acids is 2. The third kappa shape index (κ3) is 4.03. The number of phenolic OH excluding ortho intramolecular Hbond substituents is 1. The molecule has 1 aliphatic heterocycles. The van der Waals surface area contributed by atoms with Crippen molar-refractivity contribution in [1.82, 2.24) is 10.2 Å². The highest BCUT2D eigenvalue weighted by Gasteiger charge is 2.23. The lowest BCUT2D eigenvalue weighted by Gasteiger charge is -2.20. The quantitative estimate of drug-likeness (QED) is 0.751. The highest BCUT2D eigenvalue weighted by atomic mass is 35.5. The van der Waals surface area contributed by atoms with Crippen LogP contribution < -0.4 is 5.32 Å². The van der Waals surface area contributed by atoms with Crippen LogP contribution in [0.4, 0.5) is 0 Å². The number of rotatable bonds is 5. The van der Waals surface area contributed by atoms with E-state index in [2.05, 4.69) is 5.32 Å². The van der Waals surface area contributed by atoms with Crippen LogP contribution in [0.3, 0.4) is 0 Å². The van der Waals surface area contributed by atoms with Crippen molar-refractivity contribution in [3.63, 3.8) is 0 Å². The minimum absolute atomic E-state index is 0.00430. The third-order valence-electron chi connectivity index (χ3n) is 3.37. The number of carbonyl (C=O) groups is 2. The normalized spacial score (nSPS) is 16.0. The van der Waals surface area contributed by atoms with Gasteiger partial charge < -0.3 is 20.4 Å². The van der Waals surface area contributed by atoms with Crippen LogP contribution in [0.2, 0.25) is 10.0 Å². The van der Waals surface area contributed by atoms with Gasteiger partial charge in [0.05, 0.1) is 16.7 Å². The summed E-state index contributed by atoms with van der Waals surface area (Å²) in [5, 5.41) is 22.3. The molecule has 0 saturated carbocycles. The van der Waals surface area contributed by atoms with Gasteiger partial charge >= 0.3 is 0 Å². The van der Waals surface area contributed by atoms with E-state index in [0.29, 0.717) is 13.0 Å². The van der Waals surface area contributed by atoms with E-state index in [-0.39, 0.29) is 40.4 Å². The first kappa shape index (κ1) is 16.9. The van der Waals surface area contributed by atoms with Crippen LogP contribution in [-0.2, 0) is 4.79 Å². The Kier molecular flexibility index (Phi) is 5.50. The zero-order valence-corrected chi connectivity index (χ0v) is 13.2. The lowest BCUT2D eigenvalue weighted by molar-refractivity contribution is -0.128. The smallest absolute Gasteiger partial charge is 0.255 e. The monoisotopic (exact) mass is 346 g/mol. The lowest BCUT2D eigenvalue weighted by Crippen LogP contribution is -2.40. The Bertz CT molecular complexity index is 594. The first-order valence-corrected chi connectivity index (χ1v) is 7.56. The maximum absolute atomic E-state index is 12.0. The second kappa shape index (κ2) is 7.17. The van der Waals surface area contributed by atoms with Gasteiger partial charge in [-0.2, -0.15) is 0 Å². The number of likely N-dealkylation sites (tertiary alicyclic amines) is 1. The van der Waals surface area contributed by atoms with E-state index in [0.717, 1.165) is 6.42 Å². The fourth-order valence-electron chi connectivity index (χ4n) is 2.26. The number of phenols is 1. The van der Waals surface area contributed by atoms with Gasteiger partial charge in [0.2, 0.25) is 5.91 Å². The zero-order valence-electron chi connectivity index (χ0n) is 11.7. The summed E-state index contributed by atoms with van der Waals surface area (Å²) in [5.74, 6) is -0.967. The van der Waals surface area contributed by atoms with Crippen molar-refractivity contribution in [1.29, 1.82) is 0 Å². The molecule has 3 N–H and O–H groups in total. The van der Waals surface area contributed by atoms with Gasteiger partial charge in [0, 0.05) is 31.1 Å². The Balaban J connectivity index is 1.91. The molecular formula is C14H16Cl2N2O4. The minimum Gasteiger partial charge on any atom is -0.506 e. The van der Waals surface area contributed by atoms with Crippen molar-refractivity contribution >= 4 is 35.0 Å². The Hall–Kier alpha value is -1.50. The fraction of sp³-hybridized carbons (Fsp3) is 0.429. The number of nitrogens with one attached hydrogen (secondary N) is 1. The van der Waals surface area contributed by atoms with Gasteiger partial charge in [-0.25, -0.2) is 0 Å². The molecule has 0 aliphatic carbocycles. The number of halogens is 2. The summed E-state index contributed by atoms with van der Waals surface area (Å²) >= 11 is 11.5. The predicted octanol–water partition coefficient (Wildman–Crippen LogP) is 1.41. The summed E-state index contributed by atoms with van der Waals surface area (Å²) in [6, 6.07) is 2.61. The van der Waals surface area contributed by atoms with Gasteiger partial charge in [0.15, 0.2) is 0 Å². The highest BCUT2D eigenvalue weighted by Crippen LogP contribution is 2.30. The first-order chi connectivity index (χ1) is 10.4. The standard InChI is InChI=1S/C14H16Cl2N2O4/c15-8-4-10(13(21)11(16)5-8)14(22)17-6-9(19)7-18-3-1-2-12(18)20/h4-5,9,19,21H,1-3,6-7H2,(H,17,22). The van der Waals surface area contributed by atoms with Crippen molar-refractivity contribution in [3.05, 3.63) is 27.7 Å². The average molecular weight is 347 g/mol. The molecule has 8 heteroatoms. The van der Waals surface area contributed by atoms with Crippen molar-refractivity contribution in [3.8, 4) is 5.75 Å². The molecular weight excluding hydrogens is 331 g/mol. The third-order valence-corrected chi connectivity index (χ3v) is 3.88. The maximum atomic E-state index is 12.0. The number of aromatic hydroxyl groups is 1. The molecule has 0 radical (unpaired) electrons. The molecule has 1 atom stereocenters. The largest absolute Gasteiger partial charge is 0.506 e. The number of hydrogen-bond acceptors (Lipinski definition) is 4. The molecule has 1 aromatic rings. The Morgan fingerprint density at radius 3 is 2.77 bits per heavy atom. The molecule has 2 rings (SSSR count). The second-order valence-corrected chi connectivity index (χ2v) is 5.93. The molecule has 6 nitrogen and oxygen atoms in total. The number of aliphatic hydroxyl groups is 1. The van der Waals surface area contributed by atoms with Gasteiger partial charge in [-0.3, -0.25) is 9.59 Å². The zero-order chi connectivity index (χ0) is 16.3. The van der Waals surface area contributed by atoms with E-state index in [9.17, 15) is 19.8 Å². The molecule has 1 aromatic carbocycles. The molecule has 0 spiro atoms. The van der Waals surface area contributed by atoms with Gasteiger partial charge in [-0.1, -0.05) is 23.2 Å². The highest BCUT2D eigenvalue weighted by molar-refractivity contribution is 6.36. The first-order valence-electron chi connectivity index (χ1n) is 6.80. The van der Waals surface area contributed by atoms with Crippen LogP contribution in [0.1, 0.15) is 23.2 Å². The Morgan fingerprint density at radius 1 is 1.41 bits per heavy atom. The minimum atomic E-state index is -0.886. The summed E-state index contributed by atoms with van der Waals surface area (Å²) in [4.78, 5) is 25.0. The number of amides is 2. The summed E-state index contributed by atoms with van der Waals surface area (Å²) in [5.41, 5.74) is -0.0676.